The quantitative estimate of drug-likeness (QED) is 0.529. The second-order valence-corrected chi connectivity index (χ2v) is 5.27. The maximum atomic E-state index is 14.4. The highest BCUT2D eigenvalue weighted by Gasteiger charge is 2.43. The highest BCUT2D eigenvalue weighted by Crippen LogP contribution is 2.25. The van der Waals surface area contributed by atoms with E-state index in [1.54, 1.807) is 18.2 Å². The minimum atomic E-state index is -3.64. The lowest BCUT2D eigenvalue weighted by molar-refractivity contribution is 0.0477. The van der Waals surface area contributed by atoms with E-state index in [1.165, 1.54) is 25.3 Å². The molecule has 0 aromatic heterocycles. The molecule has 0 unspecified atom stereocenters. The molecular weight excluding hydrogens is 308 g/mol. The smallest absolute Gasteiger partial charge is 0.287 e. The van der Waals surface area contributed by atoms with Crippen LogP contribution in [-0.2, 0) is 0 Å². The van der Waals surface area contributed by atoms with Crippen molar-refractivity contribution in [1.82, 2.24) is 0 Å². The van der Waals surface area contributed by atoms with Gasteiger partial charge in [0.05, 0.1) is 0 Å². The highest BCUT2D eigenvalue weighted by molar-refractivity contribution is 6.21. The zero-order valence-corrected chi connectivity index (χ0v) is 13.7. The molecule has 0 atom stereocenters. The molecule has 24 heavy (non-hydrogen) atoms. The van der Waals surface area contributed by atoms with Crippen LogP contribution in [0.3, 0.4) is 0 Å². The maximum absolute atomic E-state index is 14.4. The van der Waals surface area contributed by atoms with Crippen molar-refractivity contribution in [3.63, 3.8) is 0 Å². The number of Topliss-reactive ketones (excluding diaryl/α,β-unsaturated/α-hetero) is 1. The van der Waals surface area contributed by atoms with E-state index in [4.69, 9.17) is 0 Å². The van der Waals surface area contributed by atoms with Crippen LogP contribution in [0.2, 0.25) is 0 Å². The normalized spacial score (nSPS) is 12.6. The molecule has 0 fully saturated rings. The molecule has 0 radical (unpaired) electrons. The zero-order valence-electron chi connectivity index (χ0n) is 13.7. The lowest BCUT2D eigenvalue weighted by Gasteiger charge is -2.15. The van der Waals surface area contributed by atoms with Gasteiger partial charge in [-0.2, -0.15) is 8.78 Å². The Bertz CT molecular complexity index is 747. The van der Waals surface area contributed by atoms with Crippen LogP contribution < -0.4 is 0 Å². The van der Waals surface area contributed by atoms with Gasteiger partial charge in [0.15, 0.2) is 0 Å². The predicted molar refractivity (Wildman–Crippen MR) is 93.9 cm³/mol. The van der Waals surface area contributed by atoms with E-state index in [1.807, 2.05) is 37.3 Å². The predicted octanol–water partition coefficient (Wildman–Crippen LogP) is 5.21. The van der Waals surface area contributed by atoms with Gasteiger partial charge in [-0.15, -0.1) is 0 Å². The number of hydrogen-bond donors (Lipinski definition) is 0. The first kappa shape index (κ1) is 17.7. The first-order valence-electron chi connectivity index (χ1n) is 7.72. The number of allylic oxidation sites excluding steroid dienone is 2. The van der Waals surface area contributed by atoms with Crippen molar-refractivity contribution in [3.8, 4) is 11.1 Å². The molecule has 0 N–H and O–H groups in total. The molecule has 0 saturated carbocycles. The minimum Gasteiger partial charge on any atom is -0.287 e. The number of nitrogens with zero attached hydrogens (tertiary/aromatic N) is 1. The second kappa shape index (κ2) is 7.77. The molecule has 0 saturated heterocycles. The summed E-state index contributed by atoms with van der Waals surface area (Å²) in [5.74, 6) is -4.89. The monoisotopic (exact) mass is 327 g/mol. The summed E-state index contributed by atoms with van der Waals surface area (Å²) in [5.41, 5.74) is 1.27. The Morgan fingerprint density at radius 2 is 1.62 bits per heavy atom. The van der Waals surface area contributed by atoms with E-state index in [9.17, 15) is 13.6 Å². The van der Waals surface area contributed by atoms with Crippen molar-refractivity contribution in [2.75, 3.05) is 7.05 Å². The number of halogens is 2. The summed E-state index contributed by atoms with van der Waals surface area (Å²) in [7, 11) is 1.26. The number of aliphatic imine (C=N–C) groups is 1. The maximum Gasteiger partial charge on any atom is 0.350 e. The van der Waals surface area contributed by atoms with E-state index >= 15 is 0 Å². The number of benzene rings is 2. The molecule has 2 nitrogen and oxygen atoms in total. The van der Waals surface area contributed by atoms with E-state index in [0.29, 0.717) is 6.42 Å². The van der Waals surface area contributed by atoms with Gasteiger partial charge in [-0.05, 0) is 23.6 Å². The number of carbonyl (C=O) groups is 1. The summed E-state index contributed by atoms with van der Waals surface area (Å²) >= 11 is 0. The van der Waals surface area contributed by atoms with Gasteiger partial charge in [-0.1, -0.05) is 67.6 Å². The van der Waals surface area contributed by atoms with Crippen molar-refractivity contribution < 1.29 is 13.6 Å². The third-order valence-corrected chi connectivity index (χ3v) is 3.61. The van der Waals surface area contributed by atoms with E-state index < -0.39 is 17.4 Å². The van der Waals surface area contributed by atoms with E-state index in [-0.39, 0.29) is 5.56 Å². The van der Waals surface area contributed by atoms with Gasteiger partial charge in [0.2, 0.25) is 5.78 Å². The third-order valence-electron chi connectivity index (χ3n) is 3.61. The molecule has 0 bridgehead atoms. The molecular formula is C20H19F2NO. The average Bonchev–Trinajstić information content (AvgIpc) is 2.62. The largest absolute Gasteiger partial charge is 0.350 e. The van der Waals surface area contributed by atoms with Crippen molar-refractivity contribution >= 4 is 11.5 Å². The van der Waals surface area contributed by atoms with Gasteiger partial charge in [0.1, 0.15) is 5.71 Å². The Hall–Kier alpha value is -2.62. The van der Waals surface area contributed by atoms with Crippen LogP contribution in [0.1, 0.15) is 23.7 Å². The lowest BCUT2D eigenvalue weighted by atomic mass is 9.98. The Labute approximate surface area is 140 Å². The van der Waals surface area contributed by atoms with Gasteiger partial charge in [0, 0.05) is 12.6 Å². The number of rotatable bonds is 6. The number of hydrogen-bond acceptors (Lipinski definition) is 2. The van der Waals surface area contributed by atoms with Crippen LogP contribution in [0.15, 0.2) is 71.7 Å². The average molecular weight is 327 g/mol. The van der Waals surface area contributed by atoms with Crippen molar-refractivity contribution in [2.24, 2.45) is 4.99 Å². The molecule has 0 aliphatic rings. The van der Waals surface area contributed by atoms with Gasteiger partial charge in [-0.3, -0.25) is 9.79 Å². The van der Waals surface area contributed by atoms with Crippen LogP contribution in [0.4, 0.5) is 8.78 Å². The van der Waals surface area contributed by atoms with Crippen LogP contribution in [0.5, 0.6) is 0 Å². The molecule has 0 aliphatic carbocycles. The summed E-state index contributed by atoms with van der Waals surface area (Å²) in [5, 5.41) is 0. The molecule has 124 valence electrons. The van der Waals surface area contributed by atoms with Crippen LogP contribution in [-0.4, -0.2) is 24.5 Å². The SMILES string of the molecule is CC/C=C\C(=NC)C(F)(F)C(=O)c1ccc(-c2ccccc2)cc1. The van der Waals surface area contributed by atoms with Crippen molar-refractivity contribution in [1.29, 1.82) is 0 Å². The van der Waals surface area contributed by atoms with Crippen molar-refractivity contribution in [2.45, 2.75) is 19.3 Å². The fourth-order valence-corrected chi connectivity index (χ4v) is 2.29. The summed E-state index contributed by atoms with van der Waals surface area (Å²) < 4.78 is 28.8. The van der Waals surface area contributed by atoms with Gasteiger partial charge in [-0.25, -0.2) is 0 Å². The van der Waals surface area contributed by atoms with Crippen LogP contribution in [0, 0.1) is 0 Å². The molecule has 0 aliphatic heterocycles. The standard InChI is InChI=1S/C20H19F2NO/c1-3-4-10-18(23-2)20(21,22)19(24)17-13-11-16(12-14-17)15-8-6-5-7-9-15/h4-14H,3H2,1-2H3/b10-4-,23-18?. The molecule has 2 rings (SSSR count). The molecule has 0 spiro atoms. The second-order valence-electron chi connectivity index (χ2n) is 5.27. The highest BCUT2D eigenvalue weighted by atomic mass is 19.3. The summed E-state index contributed by atoms with van der Waals surface area (Å²) in [4.78, 5) is 15.8. The first-order chi connectivity index (χ1) is 11.5. The summed E-state index contributed by atoms with van der Waals surface area (Å²) in [6, 6.07) is 15.7. The number of carbonyl (C=O) groups excluding carboxylic acids is 1. The van der Waals surface area contributed by atoms with Gasteiger partial charge in [0.25, 0.3) is 0 Å². The first-order valence-corrected chi connectivity index (χ1v) is 7.72. The van der Waals surface area contributed by atoms with Crippen molar-refractivity contribution in [3.05, 3.63) is 72.3 Å². The zero-order chi connectivity index (χ0) is 17.6. The van der Waals surface area contributed by atoms with Crippen LogP contribution in [0.25, 0.3) is 11.1 Å². The molecule has 4 heteroatoms. The van der Waals surface area contributed by atoms with E-state index in [2.05, 4.69) is 4.99 Å². The molecule has 2 aromatic carbocycles. The molecule has 0 heterocycles. The third kappa shape index (κ3) is 3.82. The Kier molecular flexibility index (Phi) is 5.74. The number of ketones is 1. The lowest BCUT2D eigenvalue weighted by Crippen LogP contribution is -2.37. The summed E-state index contributed by atoms with van der Waals surface area (Å²) in [6.45, 7) is 1.83. The fraction of sp³-hybridized carbons (Fsp3) is 0.200. The van der Waals surface area contributed by atoms with Gasteiger partial charge < -0.3 is 0 Å². The number of alkyl halides is 2. The minimum absolute atomic E-state index is 0.0364. The Morgan fingerprint density at radius 3 is 2.17 bits per heavy atom. The fourth-order valence-electron chi connectivity index (χ4n) is 2.29. The van der Waals surface area contributed by atoms with Crippen LogP contribution >= 0.6 is 0 Å². The Morgan fingerprint density at radius 1 is 1.04 bits per heavy atom. The van der Waals surface area contributed by atoms with E-state index in [0.717, 1.165) is 11.1 Å². The topological polar surface area (TPSA) is 29.4 Å². The Balaban J connectivity index is 2.28. The van der Waals surface area contributed by atoms with Gasteiger partial charge >= 0.3 is 5.92 Å². The molecule has 0 amide bonds. The summed E-state index contributed by atoms with van der Waals surface area (Å²) in [6.07, 6.45) is 3.35. The molecule has 2 aromatic rings.